The molecule has 0 saturated carbocycles. The predicted molar refractivity (Wildman–Crippen MR) is 98.4 cm³/mol. The molecule has 1 aromatic rings. The van der Waals surface area contributed by atoms with Gasteiger partial charge in [-0.3, -0.25) is 14.3 Å². The second-order valence-electron chi connectivity index (χ2n) is 6.13. The largest absolute Gasteiger partial charge is 0.477 e. The van der Waals surface area contributed by atoms with Crippen LogP contribution in [0.1, 0.15) is 24.3 Å². The molecular formula is C16H19ClN4O5S. The van der Waals surface area contributed by atoms with Crippen LogP contribution in [-0.2, 0) is 20.9 Å². The minimum atomic E-state index is -1.07. The van der Waals surface area contributed by atoms with Gasteiger partial charge in [0.2, 0.25) is 0 Å². The highest BCUT2D eigenvalue weighted by molar-refractivity contribution is 8.00. The lowest BCUT2D eigenvalue weighted by Gasteiger charge is -2.51. The van der Waals surface area contributed by atoms with Crippen molar-refractivity contribution in [3.05, 3.63) is 28.2 Å². The molecule has 9 nitrogen and oxygen atoms in total. The Morgan fingerprint density at radius 3 is 2.85 bits per heavy atom. The van der Waals surface area contributed by atoms with Gasteiger partial charge in [0.25, 0.3) is 5.91 Å². The van der Waals surface area contributed by atoms with E-state index < -0.39 is 11.9 Å². The standard InChI is InChI=1S/C16H19ClN4O5S/c1-3-21-13(10(17)4-18-21)14(23)19-11-5-20-12(16(24)25)9(6-26-8(2)22)7-27-15(11)20/h4,11,15H,3,5-7H2,1-2H3,(H,19,23)(H,24,25). The number of aliphatic carboxylic acids is 1. The molecule has 11 heteroatoms. The lowest BCUT2D eigenvalue weighted by atomic mass is 10.0. The minimum absolute atomic E-state index is 0.0461. The Morgan fingerprint density at radius 1 is 1.48 bits per heavy atom. The molecular weight excluding hydrogens is 396 g/mol. The van der Waals surface area contributed by atoms with Crippen LogP contribution in [0.4, 0.5) is 0 Å². The number of halogens is 1. The molecule has 0 aliphatic carbocycles. The number of nitrogens with one attached hydrogen (secondary N) is 1. The molecule has 3 heterocycles. The number of carboxylic acids is 1. The van der Waals surface area contributed by atoms with E-state index in [1.807, 2.05) is 6.92 Å². The van der Waals surface area contributed by atoms with E-state index in [1.54, 1.807) is 4.90 Å². The third kappa shape index (κ3) is 3.77. The summed E-state index contributed by atoms with van der Waals surface area (Å²) in [5, 5.41) is 16.6. The Bertz CT molecular complexity index is 824. The van der Waals surface area contributed by atoms with Crippen molar-refractivity contribution in [2.45, 2.75) is 31.8 Å². The van der Waals surface area contributed by atoms with Crippen LogP contribution in [0.15, 0.2) is 17.5 Å². The fourth-order valence-electron chi connectivity index (χ4n) is 3.12. The van der Waals surface area contributed by atoms with Crippen molar-refractivity contribution < 1.29 is 24.2 Å². The summed E-state index contributed by atoms with van der Waals surface area (Å²) in [7, 11) is 0. The van der Waals surface area contributed by atoms with Crippen molar-refractivity contribution in [1.29, 1.82) is 0 Å². The average molecular weight is 415 g/mol. The number of fused-ring (bicyclic) bond motifs is 1. The van der Waals surface area contributed by atoms with E-state index in [-0.39, 0.29) is 34.6 Å². The third-order valence-electron chi connectivity index (χ3n) is 4.37. The molecule has 146 valence electrons. The maximum absolute atomic E-state index is 12.6. The first-order valence-electron chi connectivity index (χ1n) is 8.32. The number of amides is 1. The molecule has 0 spiro atoms. The second kappa shape index (κ2) is 7.81. The van der Waals surface area contributed by atoms with E-state index in [0.717, 1.165) is 0 Å². The first-order chi connectivity index (χ1) is 12.8. The van der Waals surface area contributed by atoms with E-state index in [0.29, 0.717) is 30.1 Å². The molecule has 0 aromatic carbocycles. The molecule has 1 amide bonds. The number of carbonyl (C=O) groups excluding carboxylic acids is 2. The molecule has 2 N–H and O–H groups in total. The summed E-state index contributed by atoms with van der Waals surface area (Å²) in [6.45, 7) is 3.95. The van der Waals surface area contributed by atoms with Gasteiger partial charge >= 0.3 is 11.9 Å². The number of rotatable bonds is 6. The normalized spacial score (nSPS) is 21.4. The van der Waals surface area contributed by atoms with Gasteiger partial charge in [0.15, 0.2) is 0 Å². The predicted octanol–water partition coefficient (Wildman–Crippen LogP) is 0.945. The maximum atomic E-state index is 12.6. The van der Waals surface area contributed by atoms with Crippen molar-refractivity contribution in [3.63, 3.8) is 0 Å². The topological polar surface area (TPSA) is 114 Å². The number of ether oxygens (including phenoxy) is 1. The highest BCUT2D eigenvalue weighted by Gasteiger charge is 2.47. The Labute approximate surface area is 164 Å². The first kappa shape index (κ1) is 19.6. The van der Waals surface area contributed by atoms with Crippen LogP contribution in [0.3, 0.4) is 0 Å². The Balaban J connectivity index is 1.70. The van der Waals surface area contributed by atoms with Crippen molar-refractivity contribution in [1.82, 2.24) is 20.0 Å². The third-order valence-corrected chi connectivity index (χ3v) is 6.09. The fraction of sp³-hybridized carbons (Fsp3) is 0.500. The molecule has 0 radical (unpaired) electrons. The quantitative estimate of drug-likeness (QED) is 0.661. The van der Waals surface area contributed by atoms with Crippen LogP contribution in [0.2, 0.25) is 5.02 Å². The van der Waals surface area contributed by atoms with Crippen LogP contribution >= 0.6 is 23.4 Å². The number of carboxylic acid groups (broad SMARTS) is 1. The van der Waals surface area contributed by atoms with Crippen LogP contribution in [0.5, 0.6) is 0 Å². The molecule has 2 aliphatic heterocycles. The summed E-state index contributed by atoms with van der Waals surface area (Å²) in [6.07, 6.45) is 1.43. The number of aromatic nitrogens is 2. The van der Waals surface area contributed by atoms with Crippen molar-refractivity contribution in [2.75, 3.05) is 18.9 Å². The second-order valence-corrected chi connectivity index (χ2v) is 7.64. The zero-order valence-corrected chi connectivity index (χ0v) is 16.3. The lowest BCUT2D eigenvalue weighted by molar-refractivity contribution is -0.141. The van der Waals surface area contributed by atoms with Crippen molar-refractivity contribution in [3.8, 4) is 0 Å². The summed E-state index contributed by atoms with van der Waals surface area (Å²) in [5.41, 5.74) is 0.987. The molecule has 1 aromatic heterocycles. The molecule has 2 unspecified atom stereocenters. The van der Waals surface area contributed by atoms with Gasteiger partial charge in [0.1, 0.15) is 18.0 Å². The van der Waals surface area contributed by atoms with Gasteiger partial charge in [0, 0.05) is 31.3 Å². The molecule has 1 fully saturated rings. The summed E-state index contributed by atoms with van der Waals surface area (Å²) in [5.74, 6) is -1.45. The van der Waals surface area contributed by atoms with E-state index in [4.69, 9.17) is 16.3 Å². The van der Waals surface area contributed by atoms with Crippen molar-refractivity contribution in [2.24, 2.45) is 0 Å². The Hall–Kier alpha value is -2.20. The zero-order valence-electron chi connectivity index (χ0n) is 14.8. The highest BCUT2D eigenvalue weighted by atomic mass is 35.5. The number of hydrogen-bond acceptors (Lipinski definition) is 7. The number of aryl methyl sites for hydroxylation is 1. The van der Waals surface area contributed by atoms with Gasteiger partial charge in [-0.05, 0) is 6.92 Å². The summed E-state index contributed by atoms with van der Waals surface area (Å²) < 4.78 is 6.47. The molecule has 1 saturated heterocycles. The van der Waals surface area contributed by atoms with Crippen LogP contribution in [0, 0.1) is 0 Å². The van der Waals surface area contributed by atoms with Gasteiger partial charge in [-0.2, -0.15) is 5.10 Å². The number of nitrogens with zero attached hydrogens (tertiary/aromatic N) is 3. The van der Waals surface area contributed by atoms with Gasteiger partial charge < -0.3 is 20.1 Å². The summed E-state index contributed by atoms with van der Waals surface area (Å²) >= 11 is 7.56. The van der Waals surface area contributed by atoms with E-state index in [9.17, 15) is 19.5 Å². The first-order valence-corrected chi connectivity index (χ1v) is 9.75. The maximum Gasteiger partial charge on any atom is 0.352 e. The van der Waals surface area contributed by atoms with E-state index in [2.05, 4.69) is 10.4 Å². The van der Waals surface area contributed by atoms with Crippen LogP contribution < -0.4 is 5.32 Å². The minimum Gasteiger partial charge on any atom is -0.477 e. The highest BCUT2D eigenvalue weighted by Crippen LogP contribution is 2.39. The molecule has 27 heavy (non-hydrogen) atoms. The van der Waals surface area contributed by atoms with E-state index >= 15 is 0 Å². The van der Waals surface area contributed by atoms with Crippen LogP contribution in [-0.4, -0.2) is 68.0 Å². The van der Waals surface area contributed by atoms with E-state index in [1.165, 1.54) is 29.6 Å². The fourth-order valence-corrected chi connectivity index (χ4v) is 4.70. The zero-order chi connectivity index (χ0) is 19.7. The molecule has 3 rings (SSSR count). The van der Waals surface area contributed by atoms with Gasteiger partial charge in [0.05, 0.1) is 22.6 Å². The monoisotopic (exact) mass is 414 g/mol. The Morgan fingerprint density at radius 2 is 2.22 bits per heavy atom. The number of thioether (sulfide) groups is 1. The Kier molecular flexibility index (Phi) is 5.66. The lowest BCUT2D eigenvalue weighted by Crippen LogP contribution is -2.66. The summed E-state index contributed by atoms with van der Waals surface area (Å²) in [6, 6.07) is -0.219. The van der Waals surface area contributed by atoms with Gasteiger partial charge in [-0.25, -0.2) is 4.79 Å². The number of carbonyl (C=O) groups is 3. The summed E-state index contributed by atoms with van der Waals surface area (Å²) in [4.78, 5) is 37.0. The van der Waals surface area contributed by atoms with Gasteiger partial charge in [-0.1, -0.05) is 11.6 Å². The molecule has 2 aliphatic rings. The SMILES string of the molecule is CCn1ncc(Cl)c1C(=O)NC1CN2C(C(=O)O)=C(COC(C)=O)CSC12. The van der Waals surface area contributed by atoms with Crippen LogP contribution in [0.25, 0.3) is 0 Å². The number of esters is 1. The number of hydrogen-bond donors (Lipinski definition) is 2. The van der Waals surface area contributed by atoms with Gasteiger partial charge in [-0.15, -0.1) is 11.8 Å². The smallest absolute Gasteiger partial charge is 0.352 e. The molecule has 0 bridgehead atoms. The average Bonchev–Trinajstić information content (AvgIpc) is 2.97. The van der Waals surface area contributed by atoms with Crippen molar-refractivity contribution >= 4 is 41.2 Å². The molecule has 2 atom stereocenters.